The lowest BCUT2D eigenvalue weighted by atomic mass is 10.2. The second-order valence-corrected chi connectivity index (χ2v) is 4.32. The minimum Gasteiger partial charge on any atom is -0.278 e. The Kier molecular flexibility index (Phi) is 4.08. The maximum absolute atomic E-state index is 12.8. The first-order valence-electron chi connectivity index (χ1n) is 5.99. The number of para-hydroxylation sites is 1. The van der Waals surface area contributed by atoms with Gasteiger partial charge >= 0.3 is 6.18 Å². The Bertz CT molecular complexity index is 601. The van der Waals surface area contributed by atoms with Gasteiger partial charge in [0.25, 0.3) is 0 Å². The van der Waals surface area contributed by atoms with Crippen LogP contribution >= 0.6 is 0 Å². The summed E-state index contributed by atoms with van der Waals surface area (Å²) < 4.78 is 38.3. The molecule has 0 aliphatic carbocycles. The van der Waals surface area contributed by atoms with E-state index in [1.54, 1.807) is 0 Å². The first-order valence-corrected chi connectivity index (χ1v) is 5.99. The summed E-state index contributed by atoms with van der Waals surface area (Å²) in [5, 5.41) is 3.84. The van der Waals surface area contributed by atoms with E-state index in [1.807, 2.05) is 31.2 Å². The second-order valence-electron chi connectivity index (χ2n) is 4.32. The molecule has 1 N–H and O–H groups in total. The third-order valence-electron chi connectivity index (χ3n) is 2.71. The minimum atomic E-state index is -4.40. The van der Waals surface area contributed by atoms with Crippen molar-refractivity contribution in [1.29, 1.82) is 0 Å². The van der Waals surface area contributed by atoms with Crippen molar-refractivity contribution < 1.29 is 13.2 Å². The molecule has 0 heterocycles. The van der Waals surface area contributed by atoms with Crippen LogP contribution in [0.1, 0.15) is 16.7 Å². The standard InChI is InChI=1S/C15H13F3N2/c1-11-6-8-12(9-7-11)10-19-20-14-5-3-2-4-13(14)15(16,17)18/h2-10,20H,1H3. The number of anilines is 1. The molecule has 0 fully saturated rings. The molecule has 0 amide bonds. The number of aryl methyl sites for hydroxylation is 1. The van der Waals surface area contributed by atoms with Gasteiger partial charge in [-0.1, -0.05) is 42.0 Å². The zero-order valence-corrected chi connectivity index (χ0v) is 10.8. The Hall–Kier alpha value is -2.30. The van der Waals surface area contributed by atoms with Crippen LogP contribution in [-0.4, -0.2) is 6.21 Å². The number of nitrogens with zero attached hydrogens (tertiary/aromatic N) is 1. The lowest BCUT2D eigenvalue weighted by molar-refractivity contribution is -0.136. The fourth-order valence-electron chi connectivity index (χ4n) is 1.66. The normalized spacial score (nSPS) is 11.8. The van der Waals surface area contributed by atoms with Crippen molar-refractivity contribution in [1.82, 2.24) is 0 Å². The highest BCUT2D eigenvalue weighted by molar-refractivity contribution is 5.80. The van der Waals surface area contributed by atoms with Gasteiger partial charge in [0.2, 0.25) is 0 Å². The van der Waals surface area contributed by atoms with Crippen molar-refractivity contribution in [3.8, 4) is 0 Å². The molecule has 5 heteroatoms. The molecule has 0 radical (unpaired) electrons. The third kappa shape index (κ3) is 3.60. The number of hydrogen-bond donors (Lipinski definition) is 1. The van der Waals surface area contributed by atoms with Gasteiger partial charge in [0.05, 0.1) is 17.5 Å². The quantitative estimate of drug-likeness (QED) is 0.650. The largest absolute Gasteiger partial charge is 0.418 e. The van der Waals surface area contributed by atoms with E-state index in [2.05, 4.69) is 10.5 Å². The number of hydrogen-bond acceptors (Lipinski definition) is 2. The van der Waals surface area contributed by atoms with Crippen LogP contribution in [-0.2, 0) is 6.18 Å². The van der Waals surface area contributed by atoms with Crippen LogP contribution < -0.4 is 5.43 Å². The van der Waals surface area contributed by atoms with E-state index in [1.165, 1.54) is 24.4 Å². The van der Waals surface area contributed by atoms with E-state index >= 15 is 0 Å². The van der Waals surface area contributed by atoms with Crippen LogP contribution in [0, 0.1) is 6.92 Å². The Balaban J connectivity index is 2.13. The van der Waals surface area contributed by atoms with Crippen molar-refractivity contribution in [2.75, 3.05) is 5.43 Å². The van der Waals surface area contributed by atoms with Gasteiger partial charge in [-0.3, -0.25) is 5.43 Å². The molecule has 2 nitrogen and oxygen atoms in total. The molecule has 0 atom stereocenters. The van der Waals surface area contributed by atoms with Crippen LogP contribution in [0.25, 0.3) is 0 Å². The average molecular weight is 278 g/mol. The van der Waals surface area contributed by atoms with Crippen molar-refractivity contribution in [3.05, 3.63) is 65.2 Å². The van der Waals surface area contributed by atoms with Gasteiger partial charge in [-0.2, -0.15) is 18.3 Å². The molecular weight excluding hydrogens is 265 g/mol. The number of halogens is 3. The van der Waals surface area contributed by atoms with Crippen LogP contribution in [0.5, 0.6) is 0 Å². The Morgan fingerprint density at radius 3 is 2.30 bits per heavy atom. The van der Waals surface area contributed by atoms with Crippen LogP contribution in [0.4, 0.5) is 18.9 Å². The first-order chi connectivity index (χ1) is 9.47. The highest BCUT2D eigenvalue weighted by Gasteiger charge is 2.33. The summed E-state index contributed by atoms with van der Waals surface area (Å²) in [6.07, 6.45) is -2.92. The SMILES string of the molecule is Cc1ccc(C=NNc2ccccc2C(F)(F)F)cc1. The first kappa shape index (κ1) is 14.1. The molecule has 0 aromatic heterocycles. The lowest BCUT2D eigenvalue weighted by Crippen LogP contribution is -2.08. The summed E-state index contributed by atoms with van der Waals surface area (Å²) in [6.45, 7) is 1.96. The third-order valence-corrected chi connectivity index (χ3v) is 2.71. The maximum Gasteiger partial charge on any atom is 0.418 e. The van der Waals surface area contributed by atoms with Crippen molar-refractivity contribution >= 4 is 11.9 Å². The number of nitrogens with one attached hydrogen (secondary N) is 1. The van der Waals surface area contributed by atoms with E-state index < -0.39 is 11.7 Å². The Morgan fingerprint density at radius 2 is 1.65 bits per heavy atom. The summed E-state index contributed by atoms with van der Waals surface area (Å²) in [4.78, 5) is 0. The molecule has 0 bridgehead atoms. The molecule has 20 heavy (non-hydrogen) atoms. The predicted molar refractivity (Wildman–Crippen MR) is 73.8 cm³/mol. The van der Waals surface area contributed by atoms with Gasteiger partial charge in [-0.15, -0.1) is 0 Å². The molecule has 2 rings (SSSR count). The van der Waals surface area contributed by atoms with Crippen molar-refractivity contribution in [3.63, 3.8) is 0 Å². The fraction of sp³-hybridized carbons (Fsp3) is 0.133. The molecule has 2 aromatic carbocycles. The average Bonchev–Trinajstić information content (AvgIpc) is 2.40. The van der Waals surface area contributed by atoms with Gasteiger partial charge < -0.3 is 0 Å². The summed E-state index contributed by atoms with van der Waals surface area (Å²) >= 11 is 0. The number of rotatable bonds is 3. The van der Waals surface area contributed by atoms with E-state index in [-0.39, 0.29) is 5.69 Å². The van der Waals surface area contributed by atoms with Gasteiger partial charge in [-0.05, 0) is 24.6 Å². The molecule has 2 aromatic rings. The van der Waals surface area contributed by atoms with Crippen molar-refractivity contribution in [2.24, 2.45) is 5.10 Å². The van der Waals surface area contributed by atoms with Crippen LogP contribution in [0.15, 0.2) is 53.6 Å². The molecule has 0 spiro atoms. The zero-order chi connectivity index (χ0) is 14.6. The van der Waals surface area contributed by atoms with Gasteiger partial charge in [-0.25, -0.2) is 0 Å². The van der Waals surface area contributed by atoms with Gasteiger partial charge in [0.1, 0.15) is 0 Å². The number of hydrazone groups is 1. The minimum absolute atomic E-state index is 0.0663. The predicted octanol–water partition coefficient (Wildman–Crippen LogP) is 4.46. The topological polar surface area (TPSA) is 24.4 Å². The zero-order valence-electron chi connectivity index (χ0n) is 10.8. The molecule has 0 saturated carbocycles. The molecular formula is C15H13F3N2. The molecule has 0 aliphatic rings. The number of benzene rings is 2. The molecule has 0 unspecified atom stereocenters. The summed E-state index contributed by atoms with van der Waals surface area (Å²) in [5.41, 5.74) is 3.55. The Morgan fingerprint density at radius 1 is 1.00 bits per heavy atom. The second kappa shape index (κ2) is 5.77. The lowest BCUT2D eigenvalue weighted by Gasteiger charge is -2.11. The summed E-state index contributed by atoms with van der Waals surface area (Å²) in [6, 6.07) is 12.7. The Labute approximate surface area is 114 Å². The highest BCUT2D eigenvalue weighted by atomic mass is 19.4. The molecule has 0 saturated heterocycles. The van der Waals surface area contributed by atoms with E-state index in [0.717, 1.165) is 17.2 Å². The highest BCUT2D eigenvalue weighted by Crippen LogP contribution is 2.34. The smallest absolute Gasteiger partial charge is 0.278 e. The monoisotopic (exact) mass is 278 g/mol. The van der Waals surface area contributed by atoms with Crippen molar-refractivity contribution in [2.45, 2.75) is 13.1 Å². The van der Waals surface area contributed by atoms with E-state index in [9.17, 15) is 13.2 Å². The summed E-state index contributed by atoms with van der Waals surface area (Å²) in [5.74, 6) is 0. The summed E-state index contributed by atoms with van der Waals surface area (Å²) in [7, 11) is 0. The van der Waals surface area contributed by atoms with E-state index in [0.29, 0.717) is 0 Å². The fourth-order valence-corrected chi connectivity index (χ4v) is 1.66. The van der Waals surface area contributed by atoms with Gasteiger partial charge in [0.15, 0.2) is 0 Å². The van der Waals surface area contributed by atoms with Crippen LogP contribution in [0.3, 0.4) is 0 Å². The maximum atomic E-state index is 12.8. The molecule has 104 valence electrons. The number of alkyl halides is 3. The van der Waals surface area contributed by atoms with Crippen LogP contribution in [0.2, 0.25) is 0 Å². The van der Waals surface area contributed by atoms with Gasteiger partial charge in [0, 0.05) is 0 Å². The molecule has 0 aliphatic heterocycles. The van der Waals surface area contributed by atoms with E-state index in [4.69, 9.17) is 0 Å².